The monoisotopic (exact) mass is 397 g/mol. The second kappa shape index (κ2) is 6.74. The average molecular weight is 397 g/mol. The first kappa shape index (κ1) is 19.2. The molecular weight excluding hydrogens is 379 g/mol. The van der Waals surface area contributed by atoms with Gasteiger partial charge in [-0.3, -0.25) is 4.79 Å². The van der Waals surface area contributed by atoms with Crippen LogP contribution in [0, 0.1) is 0 Å². The van der Waals surface area contributed by atoms with Crippen LogP contribution < -0.4 is 0 Å². The quantitative estimate of drug-likeness (QED) is 0.472. The van der Waals surface area contributed by atoms with Gasteiger partial charge in [-0.05, 0) is 23.8 Å². The number of aliphatic hydroxyl groups is 1. The topological polar surface area (TPSA) is 42.2 Å². The predicted molar refractivity (Wildman–Crippen MR) is 106 cm³/mol. The van der Waals surface area contributed by atoms with E-state index in [1.807, 2.05) is 35.9 Å². The maximum Gasteiger partial charge on any atom is 0.421 e. The molecule has 4 aromatic rings. The number of benzene rings is 3. The van der Waals surface area contributed by atoms with Gasteiger partial charge in [-0.25, -0.2) is 0 Å². The highest BCUT2D eigenvalue weighted by Crippen LogP contribution is 2.44. The number of fused-ring (bicyclic) bond motifs is 3. The molecule has 148 valence electrons. The zero-order chi connectivity index (χ0) is 20.8. The number of halogens is 3. The van der Waals surface area contributed by atoms with Crippen LogP contribution in [0.25, 0.3) is 21.8 Å². The van der Waals surface area contributed by atoms with E-state index in [0.717, 1.165) is 16.4 Å². The highest BCUT2D eigenvalue weighted by molar-refractivity contribution is 6.08. The van der Waals surface area contributed by atoms with Crippen LogP contribution >= 0.6 is 0 Å². The fraction of sp³-hybridized carbons (Fsp3) is 0.174. The Labute approximate surface area is 165 Å². The maximum absolute atomic E-state index is 14.0. The Balaban J connectivity index is 1.86. The van der Waals surface area contributed by atoms with Crippen LogP contribution in [-0.4, -0.2) is 21.6 Å². The summed E-state index contributed by atoms with van der Waals surface area (Å²) in [7, 11) is 1.83. The fourth-order valence-electron chi connectivity index (χ4n) is 3.75. The number of rotatable bonds is 4. The largest absolute Gasteiger partial charge is 0.421 e. The van der Waals surface area contributed by atoms with Crippen molar-refractivity contribution in [1.82, 2.24) is 4.57 Å². The zero-order valence-corrected chi connectivity index (χ0v) is 15.6. The van der Waals surface area contributed by atoms with Gasteiger partial charge in [0.1, 0.15) is 0 Å². The molecule has 1 aromatic heterocycles. The van der Waals surface area contributed by atoms with Gasteiger partial charge in [0.05, 0.1) is 6.42 Å². The summed E-state index contributed by atoms with van der Waals surface area (Å²) >= 11 is 0. The minimum Gasteiger partial charge on any atom is -0.376 e. The number of hydrogen-bond donors (Lipinski definition) is 1. The second-order valence-electron chi connectivity index (χ2n) is 7.13. The van der Waals surface area contributed by atoms with Crippen molar-refractivity contribution in [1.29, 1.82) is 0 Å². The van der Waals surface area contributed by atoms with E-state index >= 15 is 0 Å². The number of aromatic nitrogens is 1. The molecule has 1 unspecified atom stereocenters. The fourth-order valence-corrected chi connectivity index (χ4v) is 3.75. The molecule has 0 radical (unpaired) electrons. The van der Waals surface area contributed by atoms with Crippen molar-refractivity contribution in [2.24, 2.45) is 7.05 Å². The zero-order valence-electron chi connectivity index (χ0n) is 15.6. The van der Waals surface area contributed by atoms with Crippen molar-refractivity contribution in [3.8, 4) is 0 Å². The number of hydrogen-bond acceptors (Lipinski definition) is 2. The van der Waals surface area contributed by atoms with Gasteiger partial charge in [0.25, 0.3) is 0 Å². The van der Waals surface area contributed by atoms with Crippen LogP contribution in [0.3, 0.4) is 0 Å². The number of alkyl halides is 3. The van der Waals surface area contributed by atoms with E-state index in [1.165, 1.54) is 24.3 Å². The third-order valence-electron chi connectivity index (χ3n) is 5.37. The maximum atomic E-state index is 14.0. The molecule has 1 N–H and O–H groups in total. The molecule has 0 aliphatic heterocycles. The van der Waals surface area contributed by atoms with E-state index in [2.05, 4.69) is 0 Å². The second-order valence-corrected chi connectivity index (χ2v) is 7.13. The van der Waals surface area contributed by atoms with Crippen molar-refractivity contribution >= 4 is 27.6 Å². The summed E-state index contributed by atoms with van der Waals surface area (Å²) in [4.78, 5) is 12.5. The number of carbonyl (C=O) groups is 1. The summed E-state index contributed by atoms with van der Waals surface area (Å²) in [5.41, 5.74) is -1.89. The van der Waals surface area contributed by atoms with Crippen molar-refractivity contribution < 1.29 is 23.1 Å². The smallest absolute Gasteiger partial charge is 0.376 e. The lowest BCUT2D eigenvalue weighted by molar-refractivity contribution is -0.264. The van der Waals surface area contributed by atoms with Gasteiger partial charge >= 0.3 is 6.18 Å². The average Bonchev–Trinajstić information content (AvgIpc) is 3.00. The first-order chi connectivity index (χ1) is 13.7. The molecule has 3 nitrogen and oxygen atoms in total. The molecule has 0 fully saturated rings. The summed E-state index contributed by atoms with van der Waals surface area (Å²) < 4.78 is 43.8. The molecule has 0 saturated heterocycles. The normalized spacial score (nSPS) is 14.2. The van der Waals surface area contributed by atoms with Crippen LogP contribution in [0.2, 0.25) is 0 Å². The standard InChI is InChI=1S/C23H18F3NO2/c1-27-19-10-6-5-9-17(19)18-13-16(11-12-20(18)27)22(29,23(24,25)26)14-21(28)15-7-3-2-4-8-15/h2-13,29H,14H2,1H3. The van der Waals surface area contributed by atoms with Crippen LogP contribution in [-0.2, 0) is 12.6 Å². The third-order valence-corrected chi connectivity index (χ3v) is 5.37. The molecule has 0 amide bonds. The van der Waals surface area contributed by atoms with Gasteiger partial charge in [-0.15, -0.1) is 0 Å². The van der Waals surface area contributed by atoms with Crippen LogP contribution in [0.1, 0.15) is 22.3 Å². The molecular formula is C23H18F3NO2. The molecule has 4 rings (SSSR count). The summed E-state index contributed by atoms with van der Waals surface area (Å²) in [6.07, 6.45) is -6.10. The van der Waals surface area contributed by atoms with Crippen LogP contribution in [0.5, 0.6) is 0 Å². The highest BCUT2D eigenvalue weighted by atomic mass is 19.4. The van der Waals surface area contributed by atoms with E-state index in [-0.39, 0.29) is 11.1 Å². The lowest BCUT2D eigenvalue weighted by atomic mass is 9.85. The number of carbonyl (C=O) groups excluding carboxylic acids is 1. The van der Waals surface area contributed by atoms with E-state index in [0.29, 0.717) is 5.39 Å². The SMILES string of the molecule is Cn1c2ccccc2c2cc(C(O)(CC(=O)c3ccccc3)C(F)(F)F)ccc21. The van der Waals surface area contributed by atoms with E-state index in [1.54, 1.807) is 24.3 Å². The Morgan fingerprint density at radius 3 is 2.21 bits per heavy atom. The Bertz CT molecular complexity index is 1210. The molecule has 0 saturated carbocycles. The van der Waals surface area contributed by atoms with Gasteiger partial charge in [-0.2, -0.15) is 13.2 Å². The Hall–Kier alpha value is -3.12. The molecule has 6 heteroatoms. The Morgan fingerprint density at radius 2 is 1.52 bits per heavy atom. The molecule has 0 bridgehead atoms. The van der Waals surface area contributed by atoms with Gasteiger partial charge in [0, 0.05) is 34.4 Å². The van der Waals surface area contributed by atoms with Crippen molar-refractivity contribution in [3.05, 3.63) is 83.9 Å². The Morgan fingerprint density at radius 1 is 0.897 bits per heavy atom. The van der Waals surface area contributed by atoms with Crippen LogP contribution in [0.4, 0.5) is 13.2 Å². The van der Waals surface area contributed by atoms with Crippen molar-refractivity contribution in [2.75, 3.05) is 0 Å². The van der Waals surface area contributed by atoms with Gasteiger partial charge in [0.15, 0.2) is 11.4 Å². The number of para-hydroxylation sites is 1. The van der Waals surface area contributed by atoms with E-state index < -0.39 is 24.0 Å². The number of aryl methyl sites for hydroxylation is 1. The first-order valence-corrected chi connectivity index (χ1v) is 9.07. The van der Waals surface area contributed by atoms with Gasteiger partial charge in [0.2, 0.25) is 0 Å². The Kier molecular flexibility index (Phi) is 4.46. The summed E-state index contributed by atoms with van der Waals surface area (Å²) in [6, 6.07) is 19.2. The highest BCUT2D eigenvalue weighted by Gasteiger charge is 2.56. The lowest BCUT2D eigenvalue weighted by Gasteiger charge is -2.30. The number of ketones is 1. The molecule has 0 aliphatic rings. The molecule has 0 spiro atoms. The summed E-state index contributed by atoms with van der Waals surface area (Å²) in [5.74, 6) is -0.775. The van der Waals surface area contributed by atoms with Crippen LogP contribution in [0.15, 0.2) is 72.8 Å². The summed E-state index contributed by atoms with van der Waals surface area (Å²) in [6.45, 7) is 0. The molecule has 1 atom stereocenters. The first-order valence-electron chi connectivity index (χ1n) is 9.07. The van der Waals surface area contributed by atoms with Gasteiger partial charge < -0.3 is 9.67 Å². The van der Waals surface area contributed by atoms with Gasteiger partial charge in [-0.1, -0.05) is 54.6 Å². The molecule has 29 heavy (non-hydrogen) atoms. The minimum atomic E-state index is -5.02. The molecule has 0 aliphatic carbocycles. The third kappa shape index (κ3) is 3.09. The minimum absolute atomic E-state index is 0.126. The van der Waals surface area contributed by atoms with Crippen molar-refractivity contribution in [2.45, 2.75) is 18.2 Å². The number of nitrogens with zero attached hydrogens (tertiary/aromatic N) is 1. The van der Waals surface area contributed by atoms with E-state index in [9.17, 15) is 23.1 Å². The number of Topliss-reactive ketones (excluding diaryl/α,β-unsaturated/α-hetero) is 1. The summed E-state index contributed by atoms with van der Waals surface area (Å²) in [5, 5.41) is 12.1. The lowest BCUT2D eigenvalue weighted by Crippen LogP contribution is -2.44. The van der Waals surface area contributed by atoms with E-state index in [4.69, 9.17) is 0 Å². The predicted octanol–water partition coefficient (Wildman–Crippen LogP) is 5.35. The molecule has 3 aromatic carbocycles. The molecule has 1 heterocycles. The van der Waals surface area contributed by atoms with Crippen molar-refractivity contribution in [3.63, 3.8) is 0 Å².